The maximum Gasteiger partial charge on any atom is 0.301 e. The average molecular weight is 470 g/mol. The first kappa shape index (κ1) is 22.0. The fourth-order valence-electron chi connectivity index (χ4n) is 3.49. The first-order valence-electron chi connectivity index (χ1n) is 9.90. The fraction of sp³-hybridized carbons (Fsp3) is 0.217. The standard InChI is InChI=1S/C23H20ClN3O4S/c1-12(2)31-17-10-6-15(7-11-17)20(28)18-19(14-4-8-16(24)9-5-14)27(22(30)21(18)29)23-26-25-13(3)32-23/h4-12,19,28H,1-3H3/b20-18+/t19-/m0/s1. The van der Waals surface area contributed by atoms with E-state index in [-0.39, 0.29) is 22.6 Å². The number of rotatable bonds is 5. The molecule has 3 aromatic rings. The first-order valence-corrected chi connectivity index (χ1v) is 11.1. The molecule has 0 bridgehead atoms. The molecule has 4 rings (SSSR count). The lowest BCUT2D eigenvalue weighted by Crippen LogP contribution is -2.29. The summed E-state index contributed by atoms with van der Waals surface area (Å²) >= 11 is 7.23. The molecule has 1 fully saturated rings. The van der Waals surface area contributed by atoms with Crippen molar-refractivity contribution in [2.75, 3.05) is 4.90 Å². The van der Waals surface area contributed by atoms with Crippen LogP contribution < -0.4 is 9.64 Å². The van der Waals surface area contributed by atoms with Crippen LogP contribution in [0.5, 0.6) is 5.75 Å². The van der Waals surface area contributed by atoms with Crippen molar-refractivity contribution in [2.45, 2.75) is 32.9 Å². The number of nitrogens with zero attached hydrogens (tertiary/aromatic N) is 3. The Balaban J connectivity index is 1.85. The average Bonchev–Trinajstić information content (AvgIpc) is 3.29. The summed E-state index contributed by atoms with van der Waals surface area (Å²) in [6.45, 7) is 5.59. The molecule has 0 spiro atoms. The topological polar surface area (TPSA) is 92.6 Å². The van der Waals surface area contributed by atoms with Gasteiger partial charge in [0.15, 0.2) is 0 Å². The minimum atomic E-state index is -0.869. The van der Waals surface area contributed by atoms with Gasteiger partial charge in [0.05, 0.1) is 17.7 Å². The smallest absolute Gasteiger partial charge is 0.301 e. The number of hydrogen-bond acceptors (Lipinski definition) is 7. The summed E-state index contributed by atoms with van der Waals surface area (Å²) in [5.41, 5.74) is 0.983. The fourth-order valence-corrected chi connectivity index (χ4v) is 4.33. The van der Waals surface area contributed by atoms with Crippen LogP contribution in [0.1, 0.15) is 36.0 Å². The van der Waals surface area contributed by atoms with E-state index < -0.39 is 17.7 Å². The Kier molecular flexibility index (Phi) is 5.99. The number of ketones is 1. The second-order valence-electron chi connectivity index (χ2n) is 7.52. The zero-order valence-corrected chi connectivity index (χ0v) is 19.1. The number of amides is 1. The van der Waals surface area contributed by atoms with Crippen LogP contribution in [0.15, 0.2) is 54.1 Å². The zero-order valence-electron chi connectivity index (χ0n) is 17.6. The van der Waals surface area contributed by atoms with Gasteiger partial charge in [-0.05, 0) is 62.7 Å². The number of aromatic nitrogens is 2. The molecule has 0 aliphatic carbocycles. The third-order valence-corrected chi connectivity index (χ3v) is 5.94. The van der Waals surface area contributed by atoms with E-state index in [0.717, 1.165) is 0 Å². The van der Waals surface area contributed by atoms with E-state index in [1.165, 1.54) is 16.2 Å². The van der Waals surface area contributed by atoms with Crippen LogP contribution in [0.3, 0.4) is 0 Å². The molecule has 1 atom stereocenters. The Morgan fingerprint density at radius 1 is 1.09 bits per heavy atom. The van der Waals surface area contributed by atoms with Gasteiger partial charge in [0, 0.05) is 10.6 Å². The van der Waals surface area contributed by atoms with Gasteiger partial charge in [0.2, 0.25) is 5.13 Å². The largest absolute Gasteiger partial charge is 0.507 e. The van der Waals surface area contributed by atoms with Crippen LogP contribution in [0.2, 0.25) is 5.02 Å². The number of Topliss-reactive ketones (excluding diaryl/α,β-unsaturated/α-hetero) is 1. The second-order valence-corrected chi connectivity index (χ2v) is 9.11. The third kappa shape index (κ3) is 4.11. The van der Waals surface area contributed by atoms with Crippen LogP contribution in [0.4, 0.5) is 5.13 Å². The highest BCUT2D eigenvalue weighted by Crippen LogP contribution is 2.43. The zero-order chi connectivity index (χ0) is 23.0. The van der Waals surface area contributed by atoms with E-state index in [2.05, 4.69) is 10.2 Å². The summed E-state index contributed by atoms with van der Waals surface area (Å²) in [7, 11) is 0. The van der Waals surface area contributed by atoms with Crippen LogP contribution in [-0.4, -0.2) is 33.1 Å². The molecule has 1 amide bonds. The Hall–Kier alpha value is -3.23. The summed E-state index contributed by atoms with van der Waals surface area (Å²) in [4.78, 5) is 27.4. The van der Waals surface area contributed by atoms with Gasteiger partial charge in [0.25, 0.3) is 5.78 Å². The first-order chi connectivity index (χ1) is 15.3. The van der Waals surface area contributed by atoms with E-state index in [9.17, 15) is 14.7 Å². The number of carbonyl (C=O) groups is 2. The van der Waals surface area contributed by atoms with Crippen molar-refractivity contribution >= 4 is 45.5 Å². The molecule has 1 saturated heterocycles. The van der Waals surface area contributed by atoms with Gasteiger partial charge in [-0.2, -0.15) is 0 Å². The molecule has 2 aromatic carbocycles. The van der Waals surface area contributed by atoms with E-state index in [1.54, 1.807) is 55.5 Å². The molecule has 9 heteroatoms. The quantitative estimate of drug-likeness (QED) is 0.324. The molecular weight excluding hydrogens is 450 g/mol. The summed E-state index contributed by atoms with van der Waals surface area (Å²) in [5, 5.41) is 20.6. The number of ether oxygens (including phenoxy) is 1. The van der Waals surface area contributed by atoms with Gasteiger partial charge < -0.3 is 9.84 Å². The highest BCUT2D eigenvalue weighted by molar-refractivity contribution is 7.15. The van der Waals surface area contributed by atoms with E-state index in [0.29, 0.717) is 26.9 Å². The number of aliphatic hydroxyl groups excluding tert-OH is 1. The summed E-state index contributed by atoms with van der Waals surface area (Å²) in [6, 6.07) is 12.6. The lowest BCUT2D eigenvalue weighted by Gasteiger charge is -2.22. The van der Waals surface area contributed by atoms with Gasteiger partial charge >= 0.3 is 5.91 Å². The number of carbonyl (C=O) groups excluding carboxylic acids is 2. The van der Waals surface area contributed by atoms with Gasteiger partial charge in [0.1, 0.15) is 16.5 Å². The van der Waals surface area contributed by atoms with E-state index in [4.69, 9.17) is 16.3 Å². The number of aliphatic hydroxyl groups is 1. The van der Waals surface area contributed by atoms with Crippen LogP contribution >= 0.6 is 22.9 Å². The minimum Gasteiger partial charge on any atom is -0.507 e. The third-order valence-electron chi connectivity index (χ3n) is 4.85. The van der Waals surface area contributed by atoms with Crippen LogP contribution in [0.25, 0.3) is 5.76 Å². The monoisotopic (exact) mass is 469 g/mol. The normalized spacial score (nSPS) is 17.9. The predicted octanol–water partition coefficient (Wildman–Crippen LogP) is 4.91. The highest BCUT2D eigenvalue weighted by atomic mass is 35.5. The Labute approximate surface area is 193 Å². The van der Waals surface area contributed by atoms with Gasteiger partial charge in [-0.1, -0.05) is 35.1 Å². The molecule has 32 heavy (non-hydrogen) atoms. The minimum absolute atomic E-state index is 0.0000354. The molecule has 0 unspecified atom stereocenters. The Morgan fingerprint density at radius 3 is 2.31 bits per heavy atom. The molecule has 1 aromatic heterocycles. The van der Waals surface area contributed by atoms with Gasteiger partial charge in [-0.15, -0.1) is 10.2 Å². The lowest BCUT2D eigenvalue weighted by atomic mass is 9.95. The molecule has 0 saturated carbocycles. The van der Waals surface area contributed by atoms with E-state index >= 15 is 0 Å². The number of benzene rings is 2. The van der Waals surface area contributed by atoms with Gasteiger partial charge in [-0.3, -0.25) is 14.5 Å². The maximum atomic E-state index is 13.1. The van der Waals surface area contributed by atoms with Crippen LogP contribution in [-0.2, 0) is 9.59 Å². The summed E-state index contributed by atoms with van der Waals surface area (Å²) < 4.78 is 5.64. The summed E-state index contributed by atoms with van der Waals surface area (Å²) in [5.74, 6) is -1.21. The van der Waals surface area contributed by atoms with Crippen molar-refractivity contribution in [3.63, 3.8) is 0 Å². The Bertz CT molecular complexity index is 1200. The maximum absolute atomic E-state index is 13.1. The predicted molar refractivity (Wildman–Crippen MR) is 123 cm³/mol. The molecular formula is C23H20ClN3O4S. The van der Waals surface area contributed by atoms with Crippen molar-refractivity contribution in [3.8, 4) is 5.75 Å². The van der Waals surface area contributed by atoms with E-state index in [1.807, 2.05) is 13.8 Å². The van der Waals surface area contributed by atoms with Crippen molar-refractivity contribution in [1.29, 1.82) is 0 Å². The summed E-state index contributed by atoms with van der Waals surface area (Å²) in [6.07, 6.45) is 0.0000354. The molecule has 1 aliphatic heterocycles. The second kappa shape index (κ2) is 8.72. The lowest BCUT2D eigenvalue weighted by molar-refractivity contribution is -0.132. The Morgan fingerprint density at radius 2 is 1.75 bits per heavy atom. The number of aryl methyl sites for hydroxylation is 1. The molecule has 7 nitrogen and oxygen atoms in total. The van der Waals surface area contributed by atoms with Crippen molar-refractivity contribution in [2.24, 2.45) is 0 Å². The molecule has 1 aliphatic rings. The van der Waals surface area contributed by atoms with Gasteiger partial charge in [-0.25, -0.2) is 0 Å². The highest BCUT2D eigenvalue weighted by Gasteiger charge is 2.48. The molecule has 0 radical (unpaired) electrons. The number of halogens is 1. The number of hydrogen-bond donors (Lipinski definition) is 1. The van der Waals surface area contributed by atoms with Crippen molar-refractivity contribution in [1.82, 2.24) is 10.2 Å². The SMILES string of the molecule is Cc1nnc(N2C(=O)C(=O)/C(=C(/O)c3ccc(OC(C)C)cc3)[C@@H]2c2ccc(Cl)cc2)s1. The van der Waals surface area contributed by atoms with Crippen LogP contribution in [0, 0.1) is 6.92 Å². The van der Waals surface area contributed by atoms with Crippen molar-refractivity contribution in [3.05, 3.63) is 75.3 Å². The van der Waals surface area contributed by atoms with Crippen molar-refractivity contribution < 1.29 is 19.4 Å². The number of anilines is 1. The molecule has 1 N–H and O–H groups in total. The molecule has 164 valence electrons. The molecule has 2 heterocycles.